The van der Waals surface area contributed by atoms with Crippen molar-refractivity contribution in [1.82, 2.24) is 4.90 Å². The highest BCUT2D eigenvalue weighted by Crippen LogP contribution is 2.21. The zero-order valence-electron chi connectivity index (χ0n) is 8.87. The summed E-state index contributed by atoms with van der Waals surface area (Å²) < 4.78 is 12.8. The quantitative estimate of drug-likeness (QED) is 0.859. The van der Waals surface area contributed by atoms with Crippen molar-refractivity contribution in [3.05, 3.63) is 22.7 Å². The second-order valence-electron chi connectivity index (χ2n) is 3.54. The molecule has 0 aliphatic carbocycles. The van der Waals surface area contributed by atoms with Crippen LogP contribution in [-0.4, -0.2) is 35.5 Å². The van der Waals surface area contributed by atoms with E-state index in [-0.39, 0.29) is 0 Å². The van der Waals surface area contributed by atoms with Gasteiger partial charge in [0.05, 0.1) is 15.7 Å². The van der Waals surface area contributed by atoms with Gasteiger partial charge in [0.25, 0.3) is 0 Å². The maximum Gasteiger partial charge on any atom is 0.0618 e. The monoisotopic (exact) mass is 290 g/mol. The van der Waals surface area contributed by atoms with Crippen molar-refractivity contribution in [3.63, 3.8) is 0 Å². The summed E-state index contributed by atoms with van der Waals surface area (Å²) in [7, 11) is 2.91. The van der Waals surface area contributed by atoms with Crippen molar-refractivity contribution in [2.45, 2.75) is 4.90 Å². The maximum atomic E-state index is 11.9. The second kappa shape index (κ2) is 5.63. The fourth-order valence-corrected chi connectivity index (χ4v) is 2.77. The number of hydrogen-bond donors (Lipinski definition) is 1. The Balaban J connectivity index is 2.74. The standard InChI is InChI=1S/C10H15BrN2OS/c1-13(2)5-6-15(14)10-4-3-8(11)7-9(10)12/h3-4,7H,5-6,12H2,1-2H3. The lowest BCUT2D eigenvalue weighted by Crippen LogP contribution is -2.19. The zero-order chi connectivity index (χ0) is 11.4. The third-order valence-corrected chi connectivity index (χ3v) is 3.85. The highest BCUT2D eigenvalue weighted by atomic mass is 79.9. The van der Waals surface area contributed by atoms with E-state index >= 15 is 0 Å². The Kier molecular flexibility index (Phi) is 4.76. The van der Waals surface area contributed by atoms with Gasteiger partial charge in [-0.2, -0.15) is 0 Å². The summed E-state index contributed by atoms with van der Waals surface area (Å²) in [6.45, 7) is 0.794. The van der Waals surface area contributed by atoms with Gasteiger partial charge < -0.3 is 10.6 Å². The zero-order valence-corrected chi connectivity index (χ0v) is 11.3. The normalized spacial score (nSPS) is 13.1. The van der Waals surface area contributed by atoms with E-state index in [1.54, 1.807) is 6.07 Å². The smallest absolute Gasteiger partial charge is 0.0618 e. The average Bonchev–Trinajstić information content (AvgIpc) is 2.14. The molecule has 1 rings (SSSR count). The molecule has 1 aromatic carbocycles. The first-order chi connectivity index (χ1) is 7.00. The molecule has 1 unspecified atom stereocenters. The van der Waals surface area contributed by atoms with Crippen molar-refractivity contribution in [3.8, 4) is 0 Å². The van der Waals surface area contributed by atoms with Gasteiger partial charge in [-0.05, 0) is 32.3 Å². The predicted molar refractivity (Wildman–Crippen MR) is 68.4 cm³/mol. The van der Waals surface area contributed by atoms with Crippen LogP contribution in [0.15, 0.2) is 27.6 Å². The van der Waals surface area contributed by atoms with Gasteiger partial charge in [0.15, 0.2) is 0 Å². The lowest BCUT2D eigenvalue weighted by atomic mass is 10.3. The van der Waals surface area contributed by atoms with Crippen molar-refractivity contribution >= 4 is 32.4 Å². The Morgan fingerprint density at radius 2 is 2.13 bits per heavy atom. The number of nitrogens with zero attached hydrogens (tertiary/aromatic N) is 1. The minimum Gasteiger partial charge on any atom is -0.398 e. The maximum absolute atomic E-state index is 11.9. The number of halogens is 1. The van der Waals surface area contributed by atoms with Crippen LogP contribution in [0.1, 0.15) is 0 Å². The van der Waals surface area contributed by atoms with E-state index in [2.05, 4.69) is 15.9 Å². The molecule has 0 aliphatic rings. The Bertz CT molecular complexity index is 368. The summed E-state index contributed by atoms with van der Waals surface area (Å²) in [4.78, 5) is 2.73. The molecule has 0 heterocycles. The number of anilines is 1. The molecule has 0 radical (unpaired) electrons. The molecular formula is C10H15BrN2OS. The first kappa shape index (κ1) is 12.7. The lowest BCUT2D eigenvalue weighted by Gasteiger charge is -2.10. The van der Waals surface area contributed by atoms with Gasteiger partial charge >= 0.3 is 0 Å². The van der Waals surface area contributed by atoms with Gasteiger partial charge in [-0.15, -0.1) is 0 Å². The highest BCUT2D eigenvalue weighted by Gasteiger charge is 2.08. The van der Waals surface area contributed by atoms with Crippen LogP contribution in [0.3, 0.4) is 0 Å². The molecule has 5 heteroatoms. The van der Waals surface area contributed by atoms with Gasteiger partial charge in [-0.3, -0.25) is 4.21 Å². The predicted octanol–water partition coefficient (Wildman–Crippen LogP) is 1.70. The van der Waals surface area contributed by atoms with Gasteiger partial charge in [0.1, 0.15) is 0 Å². The SMILES string of the molecule is CN(C)CCS(=O)c1ccc(Br)cc1N. The molecule has 0 saturated carbocycles. The number of nitrogen functional groups attached to an aromatic ring is 1. The fraction of sp³-hybridized carbons (Fsp3) is 0.400. The average molecular weight is 291 g/mol. The molecule has 1 atom stereocenters. The second-order valence-corrected chi connectivity index (χ2v) is 5.99. The summed E-state index contributed by atoms with van der Waals surface area (Å²) in [6.07, 6.45) is 0. The summed E-state index contributed by atoms with van der Waals surface area (Å²) in [6, 6.07) is 5.45. The third kappa shape index (κ3) is 3.93. The van der Waals surface area contributed by atoms with E-state index in [1.165, 1.54) is 0 Å². The van der Waals surface area contributed by atoms with Crippen LogP contribution < -0.4 is 5.73 Å². The largest absolute Gasteiger partial charge is 0.398 e. The number of rotatable bonds is 4. The molecule has 1 aromatic rings. The van der Waals surface area contributed by atoms with Crippen molar-refractivity contribution in [2.75, 3.05) is 32.1 Å². The Hall–Kier alpha value is -0.390. The molecule has 0 aliphatic heterocycles. The first-order valence-electron chi connectivity index (χ1n) is 4.59. The molecule has 0 bridgehead atoms. The van der Waals surface area contributed by atoms with Crippen molar-refractivity contribution in [2.24, 2.45) is 0 Å². The summed E-state index contributed by atoms with van der Waals surface area (Å²) in [5.74, 6) is 0.610. The van der Waals surface area contributed by atoms with Gasteiger partial charge in [-0.25, -0.2) is 0 Å². The fourth-order valence-electron chi connectivity index (χ4n) is 1.10. The Morgan fingerprint density at radius 3 is 2.67 bits per heavy atom. The van der Waals surface area contributed by atoms with Crippen LogP contribution in [0.5, 0.6) is 0 Å². The van der Waals surface area contributed by atoms with E-state index in [0.717, 1.165) is 15.9 Å². The third-order valence-electron chi connectivity index (χ3n) is 1.94. The molecular weight excluding hydrogens is 276 g/mol. The van der Waals surface area contributed by atoms with Crippen LogP contribution in [0, 0.1) is 0 Å². The molecule has 15 heavy (non-hydrogen) atoms. The Morgan fingerprint density at radius 1 is 1.47 bits per heavy atom. The molecule has 84 valence electrons. The topological polar surface area (TPSA) is 46.3 Å². The van der Waals surface area contributed by atoms with Gasteiger partial charge in [0.2, 0.25) is 0 Å². The molecule has 0 saturated heterocycles. The summed E-state index contributed by atoms with van der Waals surface area (Å²) in [5, 5.41) is 0. The van der Waals surface area contributed by atoms with E-state index in [4.69, 9.17) is 5.73 Å². The molecule has 0 spiro atoms. The number of benzene rings is 1. The van der Waals surface area contributed by atoms with E-state index in [1.807, 2.05) is 31.1 Å². The molecule has 2 N–H and O–H groups in total. The number of hydrogen-bond acceptors (Lipinski definition) is 3. The van der Waals surface area contributed by atoms with Crippen LogP contribution in [-0.2, 0) is 10.8 Å². The van der Waals surface area contributed by atoms with E-state index < -0.39 is 10.8 Å². The van der Waals surface area contributed by atoms with Gasteiger partial charge in [-0.1, -0.05) is 15.9 Å². The lowest BCUT2D eigenvalue weighted by molar-refractivity contribution is 0.435. The summed E-state index contributed by atoms with van der Waals surface area (Å²) >= 11 is 3.32. The minimum atomic E-state index is -1.01. The van der Waals surface area contributed by atoms with Crippen molar-refractivity contribution in [1.29, 1.82) is 0 Å². The highest BCUT2D eigenvalue weighted by molar-refractivity contribution is 9.10. The minimum absolute atomic E-state index is 0.585. The molecule has 0 fully saturated rings. The molecule has 0 aromatic heterocycles. The molecule has 3 nitrogen and oxygen atoms in total. The van der Waals surface area contributed by atoms with E-state index in [0.29, 0.717) is 11.4 Å². The summed E-state index contributed by atoms with van der Waals surface area (Å²) in [5.41, 5.74) is 6.38. The van der Waals surface area contributed by atoms with Crippen LogP contribution in [0.2, 0.25) is 0 Å². The number of nitrogens with two attached hydrogens (primary N) is 1. The van der Waals surface area contributed by atoms with Crippen LogP contribution in [0.4, 0.5) is 5.69 Å². The van der Waals surface area contributed by atoms with Crippen molar-refractivity contribution < 1.29 is 4.21 Å². The molecule has 0 amide bonds. The van der Waals surface area contributed by atoms with Crippen LogP contribution in [0.25, 0.3) is 0 Å². The Labute approximate surface area is 101 Å². The van der Waals surface area contributed by atoms with E-state index in [9.17, 15) is 4.21 Å². The van der Waals surface area contributed by atoms with Gasteiger partial charge in [0, 0.05) is 22.5 Å². The first-order valence-corrected chi connectivity index (χ1v) is 6.70. The van der Waals surface area contributed by atoms with Crippen LogP contribution >= 0.6 is 15.9 Å².